The molecule has 0 aliphatic carbocycles. The minimum atomic E-state index is -0.400. The van der Waals surface area contributed by atoms with Crippen molar-refractivity contribution >= 4 is 11.8 Å². The van der Waals surface area contributed by atoms with Crippen LogP contribution in [0.4, 0.5) is 0 Å². The third-order valence-corrected chi connectivity index (χ3v) is 3.93. The van der Waals surface area contributed by atoms with Crippen molar-refractivity contribution in [2.24, 2.45) is 5.41 Å². The lowest BCUT2D eigenvalue weighted by Gasteiger charge is -2.33. The fourth-order valence-corrected chi connectivity index (χ4v) is 2.45. The second-order valence-electron chi connectivity index (χ2n) is 6.81. The molecule has 5 nitrogen and oxygen atoms in total. The molecule has 120 valence electrons. The molecule has 2 amide bonds. The molecule has 0 aromatic heterocycles. The number of phenolic OH excluding ortho intramolecular Hbond substituents is 1. The smallest absolute Gasteiger partial charge is 0.257 e. The molecule has 1 saturated heterocycles. The molecular weight excluding hydrogens is 280 g/mol. The van der Waals surface area contributed by atoms with E-state index in [2.05, 4.69) is 5.32 Å². The summed E-state index contributed by atoms with van der Waals surface area (Å²) in [7, 11) is 0. The van der Waals surface area contributed by atoms with E-state index in [1.807, 2.05) is 20.8 Å². The fraction of sp³-hybridized carbons (Fsp3) is 0.529. The number of likely N-dealkylation sites (tertiary alicyclic amines) is 1. The number of carbonyl (C=O) groups is 2. The first kappa shape index (κ1) is 16.3. The van der Waals surface area contributed by atoms with E-state index in [0.717, 1.165) is 12.8 Å². The Morgan fingerprint density at radius 1 is 1.18 bits per heavy atom. The van der Waals surface area contributed by atoms with Gasteiger partial charge in [-0.15, -0.1) is 0 Å². The van der Waals surface area contributed by atoms with Crippen molar-refractivity contribution in [2.75, 3.05) is 13.1 Å². The highest BCUT2D eigenvalue weighted by atomic mass is 16.3. The predicted octanol–water partition coefficient (Wildman–Crippen LogP) is 2.16. The Bertz CT molecular complexity index is 555. The number of nitrogens with one attached hydrogen (secondary N) is 1. The van der Waals surface area contributed by atoms with E-state index in [0.29, 0.717) is 18.7 Å². The first-order valence-electron chi connectivity index (χ1n) is 7.67. The highest BCUT2D eigenvalue weighted by Crippen LogP contribution is 2.21. The van der Waals surface area contributed by atoms with Crippen molar-refractivity contribution in [1.29, 1.82) is 0 Å². The molecule has 1 aliphatic rings. The molecule has 0 atom stereocenters. The number of nitrogens with zero attached hydrogens (tertiary/aromatic N) is 1. The zero-order chi connectivity index (χ0) is 16.3. The number of hydrogen-bond donors (Lipinski definition) is 2. The van der Waals surface area contributed by atoms with Gasteiger partial charge in [-0.25, -0.2) is 0 Å². The summed E-state index contributed by atoms with van der Waals surface area (Å²) >= 11 is 0. The summed E-state index contributed by atoms with van der Waals surface area (Å²) in [5.74, 6) is -0.104. The van der Waals surface area contributed by atoms with Gasteiger partial charge in [0, 0.05) is 24.5 Å². The van der Waals surface area contributed by atoms with Gasteiger partial charge in [0.05, 0.1) is 5.56 Å². The van der Waals surface area contributed by atoms with Crippen molar-refractivity contribution in [3.05, 3.63) is 29.8 Å². The molecule has 1 fully saturated rings. The van der Waals surface area contributed by atoms with E-state index in [4.69, 9.17) is 0 Å². The number of amides is 2. The molecule has 5 heteroatoms. The Labute approximate surface area is 131 Å². The zero-order valence-corrected chi connectivity index (χ0v) is 13.4. The predicted molar refractivity (Wildman–Crippen MR) is 84.6 cm³/mol. The number of aromatic hydroxyl groups is 1. The summed E-state index contributed by atoms with van der Waals surface area (Å²) in [6.07, 6.45) is 1.47. The van der Waals surface area contributed by atoms with E-state index in [9.17, 15) is 14.7 Å². The maximum atomic E-state index is 12.4. The molecule has 1 heterocycles. The molecule has 2 N–H and O–H groups in total. The van der Waals surface area contributed by atoms with Crippen molar-refractivity contribution in [3.63, 3.8) is 0 Å². The largest absolute Gasteiger partial charge is 0.507 e. The summed E-state index contributed by atoms with van der Waals surface area (Å²) < 4.78 is 0. The van der Waals surface area contributed by atoms with E-state index < -0.39 is 5.41 Å². The Balaban J connectivity index is 1.91. The summed E-state index contributed by atoms with van der Waals surface area (Å²) in [5, 5.41) is 12.8. The molecule has 22 heavy (non-hydrogen) atoms. The van der Waals surface area contributed by atoms with Crippen LogP contribution in [0.25, 0.3) is 0 Å². The Kier molecular flexibility index (Phi) is 4.74. The molecule has 1 aromatic carbocycles. The molecule has 0 spiro atoms. The second kappa shape index (κ2) is 6.38. The SMILES string of the molecule is CC(C)(C)C(=O)NC1CCN(C(=O)c2ccccc2O)CC1. The molecule has 0 bridgehead atoms. The number of hydrogen-bond acceptors (Lipinski definition) is 3. The van der Waals surface area contributed by atoms with Gasteiger partial charge in [-0.3, -0.25) is 9.59 Å². The van der Waals surface area contributed by atoms with Crippen LogP contribution in [0.5, 0.6) is 5.75 Å². The van der Waals surface area contributed by atoms with Crippen molar-refractivity contribution in [1.82, 2.24) is 10.2 Å². The fourth-order valence-electron chi connectivity index (χ4n) is 2.45. The number of carbonyl (C=O) groups excluding carboxylic acids is 2. The van der Waals surface area contributed by atoms with Gasteiger partial charge in [-0.1, -0.05) is 32.9 Å². The lowest BCUT2D eigenvalue weighted by atomic mass is 9.94. The average molecular weight is 304 g/mol. The quantitative estimate of drug-likeness (QED) is 0.879. The van der Waals surface area contributed by atoms with E-state index in [-0.39, 0.29) is 23.6 Å². The summed E-state index contributed by atoms with van der Waals surface area (Å²) in [6, 6.07) is 6.69. The van der Waals surface area contributed by atoms with Crippen LogP contribution in [0.2, 0.25) is 0 Å². The number of piperidine rings is 1. The van der Waals surface area contributed by atoms with Gasteiger partial charge in [0.25, 0.3) is 5.91 Å². The standard InChI is InChI=1S/C17H24N2O3/c1-17(2,3)16(22)18-12-8-10-19(11-9-12)15(21)13-6-4-5-7-14(13)20/h4-7,12,20H,8-11H2,1-3H3,(H,18,22). The van der Waals surface area contributed by atoms with Gasteiger partial charge in [-0.2, -0.15) is 0 Å². The average Bonchev–Trinajstić information content (AvgIpc) is 2.47. The Morgan fingerprint density at radius 2 is 1.77 bits per heavy atom. The number of phenols is 1. The van der Waals surface area contributed by atoms with Gasteiger partial charge in [0.15, 0.2) is 0 Å². The first-order valence-corrected chi connectivity index (χ1v) is 7.67. The number of para-hydroxylation sites is 1. The number of rotatable bonds is 2. The van der Waals surface area contributed by atoms with E-state index >= 15 is 0 Å². The highest BCUT2D eigenvalue weighted by Gasteiger charge is 2.28. The summed E-state index contributed by atoms with van der Waals surface area (Å²) in [6.45, 7) is 6.84. The van der Waals surface area contributed by atoms with Crippen molar-refractivity contribution in [2.45, 2.75) is 39.7 Å². The third-order valence-electron chi connectivity index (χ3n) is 3.93. The molecular formula is C17H24N2O3. The van der Waals surface area contributed by atoms with Gasteiger partial charge >= 0.3 is 0 Å². The molecule has 1 aromatic rings. The van der Waals surface area contributed by atoms with Crippen LogP contribution in [-0.2, 0) is 4.79 Å². The minimum absolute atomic E-state index is 0.00987. The van der Waals surface area contributed by atoms with Gasteiger partial charge in [0.1, 0.15) is 5.75 Å². The van der Waals surface area contributed by atoms with Crippen molar-refractivity contribution < 1.29 is 14.7 Å². The van der Waals surface area contributed by atoms with Crippen LogP contribution in [0.1, 0.15) is 44.0 Å². The van der Waals surface area contributed by atoms with Gasteiger partial charge in [0.2, 0.25) is 5.91 Å². The monoisotopic (exact) mass is 304 g/mol. The topological polar surface area (TPSA) is 69.6 Å². The molecule has 1 aliphatic heterocycles. The highest BCUT2D eigenvalue weighted by molar-refractivity contribution is 5.96. The zero-order valence-electron chi connectivity index (χ0n) is 13.4. The lowest BCUT2D eigenvalue weighted by molar-refractivity contribution is -0.129. The summed E-state index contributed by atoms with van der Waals surface area (Å²) in [4.78, 5) is 26.1. The van der Waals surface area contributed by atoms with E-state index in [1.165, 1.54) is 6.07 Å². The minimum Gasteiger partial charge on any atom is -0.507 e. The molecule has 0 unspecified atom stereocenters. The Hall–Kier alpha value is -2.04. The lowest BCUT2D eigenvalue weighted by Crippen LogP contribution is -2.49. The maximum Gasteiger partial charge on any atom is 0.257 e. The van der Waals surface area contributed by atoms with Crippen LogP contribution >= 0.6 is 0 Å². The van der Waals surface area contributed by atoms with Gasteiger partial charge < -0.3 is 15.3 Å². The number of benzene rings is 1. The molecule has 0 radical (unpaired) electrons. The third kappa shape index (κ3) is 3.78. The second-order valence-corrected chi connectivity index (χ2v) is 6.81. The maximum absolute atomic E-state index is 12.4. The van der Waals surface area contributed by atoms with Crippen LogP contribution in [-0.4, -0.2) is 41.0 Å². The van der Waals surface area contributed by atoms with Gasteiger partial charge in [-0.05, 0) is 25.0 Å². The molecule has 2 rings (SSSR count). The van der Waals surface area contributed by atoms with Crippen LogP contribution in [0, 0.1) is 5.41 Å². The summed E-state index contributed by atoms with van der Waals surface area (Å²) in [5.41, 5.74) is -0.0670. The molecule has 0 saturated carbocycles. The van der Waals surface area contributed by atoms with Crippen LogP contribution in [0.15, 0.2) is 24.3 Å². The normalized spacial score (nSPS) is 16.4. The Morgan fingerprint density at radius 3 is 2.32 bits per heavy atom. The van der Waals surface area contributed by atoms with E-state index in [1.54, 1.807) is 23.1 Å². The van der Waals surface area contributed by atoms with Crippen molar-refractivity contribution in [3.8, 4) is 5.75 Å². The van der Waals surface area contributed by atoms with Crippen LogP contribution in [0.3, 0.4) is 0 Å². The first-order chi connectivity index (χ1) is 10.3. The van der Waals surface area contributed by atoms with Crippen LogP contribution < -0.4 is 5.32 Å².